The van der Waals surface area contributed by atoms with Gasteiger partial charge in [-0.05, 0) is 53.8 Å². The first-order valence-corrected chi connectivity index (χ1v) is 6.67. The predicted molar refractivity (Wildman–Crippen MR) is 66.8 cm³/mol. The van der Waals surface area contributed by atoms with Gasteiger partial charge in [-0.15, -0.1) is 0 Å². The second-order valence-electron chi connectivity index (χ2n) is 8.14. The fraction of sp³-hybridized carbons (Fsp3) is 1.00. The van der Waals surface area contributed by atoms with E-state index in [0.29, 0.717) is 10.8 Å². The molecule has 0 saturated heterocycles. The van der Waals surface area contributed by atoms with Gasteiger partial charge in [-0.1, -0.05) is 41.5 Å². The molecule has 0 aromatic heterocycles. The highest BCUT2D eigenvalue weighted by Crippen LogP contribution is 2.71. The Balaban J connectivity index is 2.04. The summed E-state index contributed by atoms with van der Waals surface area (Å²) in [4.78, 5) is 0. The quantitative estimate of drug-likeness (QED) is 0.532. The van der Waals surface area contributed by atoms with Crippen molar-refractivity contribution in [2.75, 3.05) is 0 Å². The fourth-order valence-corrected chi connectivity index (χ4v) is 3.97. The number of rotatable bonds is 0. The van der Waals surface area contributed by atoms with Crippen molar-refractivity contribution in [2.45, 2.75) is 67.2 Å². The van der Waals surface area contributed by atoms with E-state index in [1.54, 1.807) is 0 Å². The van der Waals surface area contributed by atoms with Crippen LogP contribution in [0.4, 0.5) is 0 Å². The third-order valence-corrected chi connectivity index (χ3v) is 5.46. The van der Waals surface area contributed by atoms with E-state index >= 15 is 0 Å². The standard InChI is InChI=1S/C15H28/c1-13(2,3)11-7-8-15(14(4,5)6)10-12(15)9-11/h11-12H,7-10H2,1-6H3. The molecule has 0 aliphatic heterocycles. The zero-order valence-electron chi connectivity index (χ0n) is 11.5. The Morgan fingerprint density at radius 3 is 2.00 bits per heavy atom. The van der Waals surface area contributed by atoms with E-state index in [0.717, 1.165) is 17.3 Å². The second-order valence-corrected chi connectivity index (χ2v) is 8.14. The topological polar surface area (TPSA) is 0 Å². The summed E-state index contributed by atoms with van der Waals surface area (Å²) >= 11 is 0. The summed E-state index contributed by atoms with van der Waals surface area (Å²) in [6.45, 7) is 14.6. The smallest absolute Gasteiger partial charge is 0.0217 e. The third kappa shape index (κ3) is 1.74. The SMILES string of the molecule is CC(C)(C)C1CCC2(C(C)(C)C)CC2C1. The molecule has 0 heteroatoms. The molecule has 0 aromatic rings. The van der Waals surface area contributed by atoms with Crippen LogP contribution in [0.2, 0.25) is 0 Å². The average Bonchev–Trinajstić information content (AvgIpc) is 2.74. The van der Waals surface area contributed by atoms with Gasteiger partial charge in [0.05, 0.1) is 0 Å². The van der Waals surface area contributed by atoms with Crippen molar-refractivity contribution in [3.8, 4) is 0 Å². The third-order valence-electron chi connectivity index (χ3n) is 5.46. The minimum Gasteiger partial charge on any atom is -0.0599 e. The van der Waals surface area contributed by atoms with Crippen LogP contribution in [-0.2, 0) is 0 Å². The minimum absolute atomic E-state index is 0.534. The molecule has 88 valence electrons. The van der Waals surface area contributed by atoms with Gasteiger partial charge in [0.15, 0.2) is 0 Å². The van der Waals surface area contributed by atoms with E-state index in [1.807, 2.05) is 0 Å². The maximum atomic E-state index is 2.45. The molecule has 0 N–H and O–H groups in total. The van der Waals surface area contributed by atoms with Crippen molar-refractivity contribution in [2.24, 2.45) is 28.1 Å². The average molecular weight is 208 g/mol. The molecule has 2 rings (SSSR count). The Morgan fingerprint density at radius 2 is 1.60 bits per heavy atom. The summed E-state index contributed by atoms with van der Waals surface area (Å²) in [5.41, 5.74) is 1.81. The highest BCUT2D eigenvalue weighted by atomic mass is 14.7. The van der Waals surface area contributed by atoms with Crippen molar-refractivity contribution in [1.29, 1.82) is 0 Å². The molecule has 0 spiro atoms. The molecule has 15 heavy (non-hydrogen) atoms. The molecule has 3 unspecified atom stereocenters. The van der Waals surface area contributed by atoms with Crippen LogP contribution >= 0.6 is 0 Å². The molecule has 3 atom stereocenters. The molecule has 0 nitrogen and oxygen atoms in total. The number of fused-ring (bicyclic) bond motifs is 1. The summed E-state index contributed by atoms with van der Waals surface area (Å²) in [6.07, 6.45) is 5.98. The largest absolute Gasteiger partial charge is 0.0599 e. The molecule has 2 saturated carbocycles. The summed E-state index contributed by atoms with van der Waals surface area (Å²) in [7, 11) is 0. The molecule has 2 aliphatic carbocycles. The van der Waals surface area contributed by atoms with Crippen molar-refractivity contribution in [3.63, 3.8) is 0 Å². The first-order chi connectivity index (χ1) is 6.67. The molecular formula is C15H28. The van der Waals surface area contributed by atoms with E-state index < -0.39 is 0 Å². The van der Waals surface area contributed by atoms with E-state index in [4.69, 9.17) is 0 Å². The van der Waals surface area contributed by atoms with E-state index in [1.165, 1.54) is 25.7 Å². The lowest BCUT2D eigenvalue weighted by Gasteiger charge is -2.41. The van der Waals surface area contributed by atoms with Gasteiger partial charge in [0.25, 0.3) is 0 Å². The zero-order valence-corrected chi connectivity index (χ0v) is 11.5. The molecule has 0 bridgehead atoms. The maximum absolute atomic E-state index is 2.45. The van der Waals surface area contributed by atoms with Crippen molar-refractivity contribution >= 4 is 0 Å². The minimum atomic E-state index is 0.534. The first-order valence-electron chi connectivity index (χ1n) is 6.67. The summed E-state index contributed by atoms with van der Waals surface area (Å²) < 4.78 is 0. The van der Waals surface area contributed by atoms with Gasteiger partial charge in [-0.2, -0.15) is 0 Å². The summed E-state index contributed by atoms with van der Waals surface area (Å²) in [5, 5.41) is 0. The van der Waals surface area contributed by atoms with Crippen LogP contribution in [0, 0.1) is 28.1 Å². The highest BCUT2D eigenvalue weighted by Gasteiger charge is 2.62. The van der Waals surface area contributed by atoms with Gasteiger partial charge < -0.3 is 0 Å². The molecule has 2 aliphatic rings. The van der Waals surface area contributed by atoms with Crippen LogP contribution in [0.1, 0.15) is 67.2 Å². The zero-order chi connectivity index (χ0) is 11.5. The molecule has 0 heterocycles. The Morgan fingerprint density at radius 1 is 1.00 bits per heavy atom. The van der Waals surface area contributed by atoms with Gasteiger partial charge in [0.2, 0.25) is 0 Å². The Labute approximate surface area is 95.8 Å². The van der Waals surface area contributed by atoms with E-state index in [-0.39, 0.29) is 0 Å². The fourth-order valence-electron chi connectivity index (χ4n) is 3.97. The van der Waals surface area contributed by atoms with E-state index in [2.05, 4.69) is 41.5 Å². The predicted octanol–water partition coefficient (Wildman–Crippen LogP) is 4.89. The van der Waals surface area contributed by atoms with Crippen molar-refractivity contribution < 1.29 is 0 Å². The Hall–Kier alpha value is 0. The second kappa shape index (κ2) is 3.02. The lowest BCUT2D eigenvalue weighted by Crippen LogP contribution is -2.32. The van der Waals surface area contributed by atoms with Crippen LogP contribution in [-0.4, -0.2) is 0 Å². The van der Waals surface area contributed by atoms with Crippen molar-refractivity contribution in [3.05, 3.63) is 0 Å². The molecule has 2 fully saturated rings. The van der Waals surface area contributed by atoms with Gasteiger partial charge in [0.1, 0.15) is 0 Å². The number of hydrogen-bond acceptors (Lipinski definition) is 0. The van der Waals surface area contributed by atoms with Crippen LogP contribution in [0.3, 0.4) is 0 Å². The Kier molecular flexibility index (Phi) is 2.31. The van der Waals surface area contributed by atoms with E-state index in [9.17, 15) is 0 Å². The Bertz CT molecular complexity index is 250. The molecule has 0 radical (unpaired) electrons. The highest BCUT2D eigenvalue weighted by molar-refractivity contribution is 5.12. The lowest BCUT2D eigenvalue weighted by molar-refractivity contribution is 0.0842. The molecule has 0 aromatic carbocycles. The van der Waals surface area contributed by atoms with Crippen LogP contribution in [0.5, 0.6) is 0 Å². The van der Waals surface area contributed by atoms with Crippen LogP contribution in [0.25, 0.3) is 0 Å². The van der Waals surface area contributed by atoms with Gasteiger partial charge in [-0.25, -0.2) is 0 Å². The van der Waals surface area contributed by atoms with Crippen LogP contribution < -0.4 is 0 Å². The first kappa shape index (κ1) is 11.5. The maximum Gasteiger partial charge on any atom is -0.0217 e. The molecular weight excluding hydrogens is 180 g/mol. The normalized spacial score (nSPS) is 41.2. The molecule has 0 amide bonds. The van der Waals surface area contributed by atoms with Gasteiger partial charge in [-0.3, -0.25) is 0 Å². The summed E-state index contributed by atoms with van der Waals surface area (Å²) in [6, 6.07) is 0. The lowest BCUT2D eigenvalue weighted by atomic mass is 9.64. The summed E-state index contributed by atoms with van der Waals surface area (Å²) in [5.74, 6) is 2.02. The van der Waals surface area contributed by atoms with Gasteiger partial charge >= 0.3 is 0 Å². The monoisotopic (exact) mass is 208 g/mol. The number of hydrogen-bond donors (Lipinski definition) is 0. The van der Waals surface area contributed by atoms with Gasteiger partial charge in [0, 0.05) is 0 Å². The van der Waals surface area contributed by atoms with Crippen LogP contribution in [0.15, 0.2) is 0 Å². The van der Waals surface area contributed by atoms with Crippen molar-refractivity contribution in [1.82, 2.24) is 0 Å².